The minimum absolute atomic E-state index is 0.0533. The van der Waals surface area contributed by atoms with Crippen LogP contribution in [0.2, 0.25) is 0 Å². The van der Waals surface area contributed by atoms with Gasteiger partial charge in [-0.25, -0.2) is 0 Å². The molecule has 0 bridgehead atoms. The lowest BCUT2D eigenvalue weighted by atomic mass is 10.1. The SMILES string of the molecule is Cc1ccc(C(C)n2c(=S)[nH]c3ccccc3c2=O)cc1. The number of para-hydroxylation sites is 1. The van der Waals surface area contributed by atoms with Gasteiger partial charge in [-0.05, 0) is 43.8 Å². The van der Waals surface area contributed by atoms with Gasteiger partial charge in [0.15, 0.2) is 4.77 Å². The van der Waals surface area contributed by atoms with Crippen LogP contribution in [0.25, 0.3) is 10.9 Å². The molecule has 106 valence electrons. The molecule has 0 aliphatic rings. The van der Waals surface area contributed by atoms with Crippen LogP contribution in [-0.4, -0.2) is 9.55 Å². The van der Waals surface area contributed by atoms with Crippen molar-refractivity contribution >= 4 is 23.1 Å². The number of nitrogens with one attached hydrogen (secondary N) is 1. The number of aromatic nitrogens is 2. The number of aryl methyl sites for hydroxylation is 1. The molecule has 0 amide bonds. The molecule has 2 aromatic carbocycles. The van der Waals surface area contributed by atoms with Crippen molar-refractivity contribution in [2.24, 2.45) is 0 Å². The lowest BCUT2D eigenvalue weighted by molar-refractivity contribution is 0.599. The van der Waals surface area contributed by atoms with Crippen molar-refractivity contribution in [3.8, 4) is 0 Å². The molecule has 4 heteroatoms. The van der Waals surface area contributed by atoms with Crippen molar-refractivity contribution in [2.45, 2.75) is 19.9 Å². The van der Waals surface area contributed by atoms with Gasteiger partial charge in [0.1, 0.15) is 0 Å². The maximum absolute atomic E-state index is 12.7. The highest BCUT2D eigenvalue weighted by molar-refractivity contribution is 7.71. The second-order valence-electron chi connectivity index (χ2n) is 5.24. The zero-order chi connectivity index (χ0) is 15.0. The number of hydrogen-bond donors (Lipinski definition) is 1. The van der Waals surface area contributed by atoms with E-state index in [1.165, 1.54) is 5.56 Å². The lowest BCUT2D eigenvalue weighted by Gasteiger charge is -2.16. The third-order valence-electron chi connectivity index (χ3n) is 3.78. The lowest BCUT2D eigenvalue weighted by Crippen LogP contribution is -2.25. The summed E-state index contributed by atoms with van der Waals surface area (Å²) >= 11 is 5.38. The third-order valence-corrected chi connectivity index (χ3v) is 4.08. The van der Waals surface area contributed by atoms with Gasteiger partial charge in [-0.2, -0.15) is 0 Å². The maximum atomic E-state index is 12.7. The fourth-order valence-corrected chi connectivity index (χ4v) is 2.87. The molecular weight excluding hydrogens is 280 g/mol. The monoisotopic (exact) mass is 296 g/mol. The molecule has 0 saturated heterocycles. The van der Waals surface area contributed by atoms with Gasteiger partial charge in [-0.1, -0.05) is 42.0 Å². The average Bonchev–Trinajstić information content (AvgIpc) is 2.48. The molecule has 21 heavy (non-hydrogen) atoms. The second kappa shape index (κ2) is 5.30. The zero-order valence-corrected chi connectivity index (χ0v) is 12.8. The summed E-state index contributed by atoms with van der Waals surface area (Å²) in [6.45, 7) is 4.04. The summed E-state index contributed by atoms with van der Waals surface area (Å²) in [6.07, 6.45) is 0. The van der Waals surface area contributed by atoms with Gasteiger partial charge in [-0.15, -0.1) is 0 Å². The van der Waals surface area contributed by atoms with Crippen LogP contribution in [0.15, 0.2) is 53.3 Å². The Balaban J connectivity index is 2.22. The Hall–Kier alpha value is -2.20. The summed E-state index contributed by atoms with van der Waals surface area (Å²) in [7, 11) is 0. The molecule has 1 heterocycles. The van der Waals surface area contributed by atoms with Gasteiger partial charge < -0.3 is 4.98 Å². The number of rotatable bonds is 2. The molecule has 3 aromatic rings. The zero-order valence-electron chi connectivity index (χ0n) is 12.0. The van der Waals surface area contributed by atoms with E-state index in [1.54, 1.807) is 4.57 Å². The molecule has 1 unspecified atom stereocenters. The highest BCUT2D eigenvalue weighted by Gasteiger charge is 2.13. The first-order valence-electron chi connectivity index (χ1n) is 6.88. The molecule has 3 nitrogen and oxygen atoms in total. The Morgan fingerprint density at radius 3 is 2.48 bits per heavy atom. The fourth-order valence-electron chi connectivity index (χ4n) is 2.52. The summed E-state index contributed by atoms with van der Waals surface area (Å²) in [5.41, 5.74) is 2.99. The van der Waals surface area contributed by atoms with E-state index in [2.05, 4.69) is 4.98 Å². The summed E-state index contributed by atoms with van der Waals surface area (Å²) in [6, 6.07) is 15.5. The molecule has 1 atom stereocenters. The van der Waals surface area contributed by atoms with Crippen LogP contribution in [0.1, 0.15) is 24.1 Å². The standard InChI is InChI=1S/C17H16N2OS/c1-11-7-9-13(10-8-11)12(2)19-16(20)14-5-3-4-6-15(14)18-17(19)21/h3-10,12H,1-2H3,(H,18,21). The molecule has 1 N–H and O–H groups in total. The molecule has 0 spiro atoms. The molecule has 3 rings (SSSR count). The van der Waals surface area contributed by atoms with Crippen LogP contribution in [0.5, 0.6) is 0 Å². The summed E-state index contributed by atoms with van der Waals surface area (Å²) < 4.78 is 2.09. The van der Waals surface area contributed by atoms with Crippen LogP contribution in [0.3, 0.4) is 0 Å². The van der Waals surface area contributed by atoms with E-state index in [0.717, 1.165) is 11.1 Å². The van der Waals surface area contributed by atoms with E-state index in [1.807, 2.05) is 62.4 Å². The molecule has 0 aliphatic carbocycles. The van der Waals surface area contributed by atoms with Crippen molar-refractivity contribution in [2.75, 3.05) is 0 Å². The van der Waals surface area contributed by atoms with Crippen LogP contribution < -0.4 is 5.56 Å². The molecule has 0 fully saturated rings. The molecular formula is C17H16N2OS. The largest absolute Gasteiger partial charge is 0.332 e. The summed E-state index contributed by atoms with van der Waals surface area (Å²) in [5.74, 6) is 0. The van der Waals surface area contributed by atoms with E-state index >= 15 is 0 Å². The summed E-state index contributed by atoms with van der Waals surface area (Å²) in [4.78, 5) is 15.8. The average molecular weight is 296 g/mol. The fraction of sp³-hybridized carbons (Fsp3) is 0.176. The quantitative estimate of drug-likeness (QED) is 0.726. The van der Waals surface area contributed by atoms with E-state index in [-0.39, 0.29) is 11.6 Å². The highest BCUT2D eigenvalue weighted by atomic mass is 32.1. The first-order valence-corrected chi connectivity index (χ1v) is 7.29. The van der Waals surface area contributed by atoms with Crippen LogP contribution in [0.4, 0.5) is 0 Å². The number of fused-ring (bicyclic) bond motifs is 1. The Bertz CT molecular complexity index is 906. The highest BCUT2D eigenvalue weighted by Crippen LogP contribution is 2.18. The van der Waals surface area contributed by atoms with E-state index in [0.29, 0.717) is 10.2 Å². The minimum atomic E-state index is -0.105. The number of aromatic amines is 1. The van der Waals surface area contributed by atoms with Crippen molar-refractivity contribution in [1.82, 2.24) is 9.55 Å². The number of benzene rings is 2. The van der Waals surface area contributed by atoms with Crippen LogP contribution in [-0.2, 0) is 0 Å². The van der Waals surface area contributed by atoms with Crippen molar-refractivity contribution in [1.29, 1.82) is 0 Å². The Morgan fingerprint density at radius 1 is 1.10 bits per heavy atom. The van der Waals surface area contributed by atoms with Gasteiger partial charge in [0.2, 0.25) is 0 Å². The van der Waals surface area contributed by atoms with E-state index < -0.39 is 0 Å². The Labute approximate surface area is 127 Å². The van der Waals surface area contributed by atoms with Gasteiger partial charge in [0.05, 0.1) is 16.9 Å². The molecule has 1 aromatic heterocycles. The topological polar surface area (TPSA) is 37.8 Å². The smallest absolute Gasteiger partial charge is 0.262 e. The molecule has 0 radical (unpaired) electrons. The number of nitrogens with zero attached hydrogens (tertiary/aromatic N) is 1. The van der Waals surface area contributed by atoms with Crippen molar-refractivity contribution < 1.29 is 0 Å². The van der Waals surface area contributed by atoms with Crippen LogP contribution >= 0.6 is 12.2 Å². The minimum Gasteiger partial charge on any atom is -0.332 e. The van der Waals surface area contributed by atoms with Crippen molar-refractivity contribution in [3.05, 3.63) is 74.8 Å². The normalized spacial score (nSPS) is 12.5. The Morgan fingerprint density at radius 2 is 1.76 bits per heavy atom. The first-order chi connectivity index (χ1) is 10.1. The van der Waals surface area contributed by atoms with Gasteiger partial charge >= 0.3 is 0 Å². The van der Waals surface area contributed by atoms with Crippen LogP contribution in [0, 0.1) is 11.7 Å². The maximum Gasteiger partial charge on any atom is 0.262 e. The van der Waals surface area contributed by atoms with Gasteiger partial charge in [0.25, 0.3) is 5.56 Å². The van der Waals surface area contributed by atoms with Gasteiger partial charge in [-0.3, -0.25) is 9.36 Å². The van der Waals surface area contributed by atoms with E-state index in [4.69, 9.17) is 12.2 Å². The predicted octanol–water partition coefficient (Wildman–Crippen LogP) is 3.98. The Kier molecular flexibility index (Phi) is 3.47. The third kappa shape index (κ3) is 2.43. The number of H-pyrrole nitrogens is 1. The molecule has 0 aliphatic heterocycles. The van der Waals surface area contributed by atoms with E-state index in [9.17, 15) is 4.79 Å². The van der Waals surface area contributed by atoms with Crippen molar-refractivity contribution in [3.63, 3.8) is 0 Å². The van der Waals surface area contributed by atoms with Gasteiger partial charge in [0, 0.05) is 0 Å². The molecule has 0 saturated carbocycles. The number of hydrogen-bond acceptors (Lipinski definition) is 2. The predicted molar refractivity (Wildman–Crippen MR) is 88.4 cm³/mol. The second-order valence-corrected chi connectivity index (χ2v) is 5.62. The summed E-state index contributed by atoms with van der Waals surface area (Å²) in [5, 5.41) is 0.657. The first kappa shape index (κ1) is 13.8.